The summed E-state index contributed by atoms with van der Waals surface area (Å²) >= 11 is 0. The quantitative estimate of drug-likeness (QED) is 0.851. The Hall–Kier alpha value is -1.64. The topological polar surface area (TPSA) is 6.48 Å². The van der Waals surface area contributed by atoms with Crippen LogP contribution in [0.3, 0.4) is 0 Å². The van der Waals surface area contributed by atoms with Gasteiger partial charge in [0.15, 0.2) is 0 Å². The van der Waals surface area contributed by atoms with Crippen molar-refractivity contribution in [1.29, 1.82) is 0 Å². The number of benzene rings is 2. The minimum absolute atomic E-state index is 0.276. The maximum atomic E-state index is 2.66. The fraction of sp³-hybridized carbons (Fsp3) is 0.455. The molecule has 0 aromatic heterocycles. The van der Waals surface area contributed by atoms with Crippen LogP contribution in [0.25, 0.3) is 0 Å². The Morgan fingerprint density at radius 3 is 2.38 bits per heavy atom. The molecule has 0 bridgehead atoms. The van der Waals surface area contributed by atoms with E-state index in [1.54, 1.807) is 11.1 Å². The lowest BCUT2D eigenvalue weighted by molar-refractivity contribution is 0.0284. The second-order valence-corrected chi connectivity index (χ2v) is 7.44. The van der Waals surface area contributed by atoms with E-state index in [9.17, 15) is 0 Å². The lowest BCUT2D eigenvalue weighted by Crippen LogP contribution is -2.54. The highest BCUT2D eigenvalue weighted by Crippen LogP contribution is 2.42. The van der Waals surface area contributed by atoms with Gasteiger partial charge in [-0.3, -0.25) is 4.90 Å². The predicted octanol–water partition coefficient (Wildman–Crippen LogP) is 3.71. The normalized spacial score (nSPS) is 20.9. The second-order valence-electron chi connectivity index (χ2n) is 7.44. The summed E-state index contributed by atoms with van der Waals surface area (Å²) < 4.78 is 0. The van der Waals surface area contributed by atoms with E-state index in [1.165, 1.54) is 57.4 Å². The molecule has 2 aliphatic rings. The summed E-state index contributed by atoms with van der Waals surface area (Å²) in [6.07, 6.45) is 4.89. The van der Waals surface area contributed by atoms with Crippen molar-refractivity contribution in [3.8, 4) is 0 Å². The number of likely N-dealkylation sites (N-methyl/N-ethyl adjacent to an activating group) is 1. The number of rotatable bonds is 3. The molecule has 2 aliphatic heterocycles. The number of nitrogens with zero attached hydrogens (tertiary/aromatic N) is 2. The first-order valence-electron chi connectivity index (χ1n) is 9.34. The molecule has 2 heteroatoms. The highest BCUT2D eigenvalue weighted by atomic mass is 15.2. The molecule has 0 atom stereocenters. The first-order chi connectivity index (χ1) is 11.8. The molecule has 0 unspecified atom stereocenters. The summed E-state index contributed by atoms with van der Waals surface area (Å²) in [6.45, 7) is 4.81. The van der Waals surface area contributed by atoms with Crippen LogP contribution >= 0.6 is 0 Å². The Labute approximate surface area is 146 Å². The number of likely N-dealkylation sites (tertiary alicyclic amines) is 1. The smallest absolute Gasteiger partial charge is 0.0484 e. The third-order valence-electron chi connectivity index (χ3n) is 6.21. The van der Waals surface area contributed by atoms with E-state index in [1.807, 2.05) is 0 Å². The largest absolute Gasteiger partial charge is 0.303 e. The Balaban J connectivity index is 1.44. The van der Waals surface area contributed by atoms with Crippen LogP contribution in [0, 0.1) is 0 Å². The minimum Gasteiger partial charge on any atom is -0.303 e. The van der Waals surface area contributed by atoms with Crippen LogP contribution in [0.2, 0.25) is 0 Å². The van der Waals surface area contributed by atoms with Gasteiger partial charge in [-0.05, 0) is 49.4 Å². The van der Waals surface area contributed by atoms with Crippen LogP contribution < -0.4 is 0 Å². The van der Waals surface area contributed by atoms with Crippen molar-refractivity contribution in [1.82, 2.24) is 9.80 Å². The van der Waals surface area contributed by atoms with E-state index in [2.05, 4.69) is 71.4 Å². The second kappa shape index (κ2) is 6.70. The van der Waals surface area contributed by atoms with Crippen molar-refractivity contribution >= 4 is 0 Å². The molecule has 0 saturated carbocycles. The van der Waals surface area contributed by atoms with Crippen LogP contribution in [-0.2, 0) is 18.4 Å². The molecule has 126 valence electrons. The monoisotopic (exact) mass is 320 g/mol. The van der Waals surface area contributed by atoms with E-state index in [4.69, 9.17) is 0 Å². The van der Waals surface area contributed by atoms with Crippen LogP contribution in [0.4, 0.5) is 0 Å². The van der Waals surface area contributed by atoms with Gasteiger partial charge in [0.05, 0.1) is 0 Å². The van der Waals surface area contributed by atoms with Crippen LogP contribution in [0.15, 0.2) is 54.6 Å². The first kappa shape index (κ1) is 15.9. The first-order valence-corrected chi connectivity index (χ1v) is 9.34. The minimum atomic E-state index is 0.276. The fourth-order valence-corrected chi connectivity index (χ4v) is 4.63. The van der Waals surface area contributed by atoms with Crippen molar-refractivity contribution in [2.24, 2.45) is 0 Å². The van der Waals surface area contributed by atoms with Gasteiger partial charge in [-0.2, -0.15) is 0 Å². The lowest BCUT2D eigenvalue weighted by Gasteiger charge is -2.51. The molecule has 2 aromatic rings. The Kier molecular flexibility index (Phi) is 4.43. The zero-order valence-electron chi connectivity index (χ0n) is 14.7. The standard InChI is InChI=1S/C22H28N2/c1-23-15-12-20-9-5-6-10-21(20)22(23)13-17-24(18-14-22)16-11-19-7-3-2-4-8-19/h2-10H,11-18H2,1H3. The number of piperidine rings is 1. The Morgan fingerprint density at radius 1 is 0.875 bits per heavy atom. The highest BCUT2D eigenvalue weighted by Gasteiger charge is 2.42. The van der Waals surface area contributed by atoms with Gasteiger partial charge in [-0.1, -0.05) is 54.6 Å². The van der Waals surface area contributed by atoms with Gasteiger partial charge in [-0.15, -0.1) is 0 Å². The molecule has 4 rings (SSSR count). The van der Waals surface area contributed by atoms with Gasteiger partial charge >= 0.3 is 0 Å². The van der Waals surface area contributed by atoms with Crippen LogP contribution in [0.1, 0.15) is 29.5 Å². The Bertz CT molecular complexity index is 671. The highest BCUT2D eigenvalue weighted by molar-refractivity contribution is 5.37. The molecule has 1 saturated heterocycles. The molecular weight excluding hydrogens is 292 g/mol. The summed E-state index contributed by atoms with van der Waals surface area (Å²) in [5.41, 5.74) is 4.91. The maximum absolute atomic E-state index is 2.66. The summed E-state index contributed by atoms with van der Waals surface area (Å²) in [5, 5.41) is 0. The average Bonchev–Trinajstić information content (AvgIpc) is 2.65. The molecule has 1 spiro atoms. The summed E-state index contributed by atoms with van der Waals surface area (Å²) in [7, 11) is 2.33. The summed E-state index contributed by atoms with van der Waals surface area (Å²) in [5.74, 6) is 0. The molecule has 0 amide bonds. The van der Waals surface area contributed by atoms with E-state index >= 15 is 0 Å². The van der Waals surface area contributed by atoms with Crippen molar-refractivity contribution in [3.05, 3.63) is 71.3 Å². The average molecular weight is 320 g/mol. The van der Waals surface area contributed by atoms with Crippen LogP contribution in [-0.4, -0.2) is 43.0 Å². The molecule has 2 aromatic carbocycles. The molecule has 24 heavy (non-hydrogen) atoms. The maximum Gasteiger partial charge on any atom is 0.0484 e. The third-order valence-corrected chi connectivity index (χ3v) is 6.21. The van der Waals surface area contributed by atoms with Gasteiger partial charge in [0.25, 0.3) is 0 Å². The van der Waals surface area contributed by atoms with Crippen molar-refractivity contribution in [2.75, 3.05) is 33.2 Å². The SMILES string of the molecule is CN1CCc2ccccc2C12CCN(CCc1ccccc1)CC2. The Morgan fingerprint density at radius 2 is 1.58 bits per heavy atom. The summed E-state index contributed by atoms with van der Waals surface area (Å²) in [4.78, 5) is 5.28. The predicted molar refractivity (Wildman–Crippen MR) is 100 cm³/mol. The zero-order valence-corrected chi connectivity index (χ0v) is 14.7. The van der Waals surface area contributed by atoms with Gasteiger partial charge in [0.1, 0.15) is 0 Å². The zero-order chi connectivity index (χ0) is 16.4. The van der Waals surface area contributed by atoms with E-state index in [0.717, 1.165) is 0 Å². The van der Waals surface area contributed by atoms with Crippen molar-refractivity contribution in [3.63, 3.8) is 0 Å². The van der Waals surface area contributed by atoms with Gasteiger partial charge in [0.2, 0.25) is 0 Å². The molecule has 0 radical (unpaired) electrons. The molecule has 2 nitrogen and oxygen atoms in total. The lowest BCUT2D eigenvalue weighted by atomic mass is 9.74. The molecule has 0 N–H and O–H groups in total. The van der Waals surface area contributed by atoms with Gasteiger partial charge < -0.3 is 4.90 Å². The summed E-state index contributed by atoms with van der Waals surface area (Å²) in [6, 6.07) is 20.0. The number of hydrogen-bond donors (Lipinski definition) is 0. The van der Waals surface area contributed by atoms with Gasteiger partial charge in [-0.25, -0.2) is 0 Å². The van der Waals surface area contributed by atoms with Crippen molar-refractivity contribution in [2.45, 2.75) is 31.2 Å². The van der Waals surface area contributed by atoms with Crippen molar-refractivity contribution < 1.29 is 0 Å². The third kappa shape index (κ3) is 2.89. The van der Waals surface area contributed by atoms with Crippen LogP contribution in [0.5, 0.6) is 0 Å². The van der Waals surface area contributed by atoms with E-state index < -0.39 is 0 Å². The fourth-order valence-electron chi connectivity index (χ4n) is 4.63. The number of fused-ring (bicyclic) bond motifs is 2. The molecule has 2 heterocycles. The number of hydrogen-bond acceptors (Lipinski definition) is 2. The van der Waals surface area contributed by atoms with E-state index in [0.29, 0.717) is 0 Å². The molecule has 1 fully saturated rings. The molecule has 0 aliphatic carbocycles. The molecular formula is C22H28N2. The van der Waals surface area contributed by atoms with Gasteiger partial charge in [0, 0.05) is 31.7 Å². The van der Waals surface area contributed by atoms with E-state index in [-0.39, 0.29) is 5.54 Å².